The van der Waals surface area contributed by atoms with E-state index in [-0.39, 0.29) is 12.4 Å². The van der Waals surface area contributed by atoms with E-state index in [0.717, 1.165) is 23.3 Å². The van der Waals surface area contributed by atoms with Gasteiger partial charge in [-0.15, -0.1) is 0 Å². The minimum absolute atomic E-state index is 0.0880. The van der Waals surface area contributed by atoms with E-state index in [1.807, 2.05) is 18.2 Å². The summed E-state index contributed by atoms with van der Waals surface area (Å²) in [5, 5.41) is 4.86. The van der Waals surface area contributed by atoms with Crippen molar-refractivity contribution in [3.05, 3.63) is 63.4 Å². The highest BCUT2D eigenvalue weighted by Crippen LogP contribution is 2.61. The average molecular weight is 462 g/mol. The van der Waals surface area contributed by atoms with Crippen molar-refractivity contribution >= 4 is 23.2 Å². The summed E-state index contributed by atoms with van der Waals surface area (Å²) in [5.74, 6) is 3.17. The van der Waals surface area contributed by atoms with Crippen LogP contribution in [-0.4, -0.2) is 6.04 Å². The standard InChI is InChI=1S/C26H30Cl2FNO/c1-16(26-11-17-7-18(12-26)9-19(8-17)13-26)30-14-20-10-21(27)5-6-25(20)31-15-22-23(28)3-2-4-24(22)29/h2-6,10,16-19,30H,7-9,11-15H2,1H3. The number of hydrogen-bond donors (Lipinski definition) is 1. The van der Waals surface area contributed by atoms with E-state index in [0.29, 0.717) is 39.4 Å². The van der Waals surface area contributed by atoms with Gasteiger partial charge >= 0.3 is 0 Å². The molecule has 0 aliphatic heterocycles. The van der Waals surface area contributed by atoms with Gasteiger partial charge in [-0.25, -0.2) is 4.39 Å². The van der Waals surface area contributed by atoms with Crippen molar-refractivity contribution in [3.63, 3.8) is 0 Å². The molecule has 0 radical (unpaired) electrons. The highest BCUT2D eigenvalue weighted by molar-refractivity contribution is 6.31. The van der Waals surface area contributed by atoms with Crippen LogP contribution < -0.4 is 10.1 Å². The van der Waals surface area contributed by atoms with Gasteiger partial charge in [-0.05, 0) is 98.9 Å². The quantitative estimate of drug-likeness (QED) is 0.463. The van der Waals surface area contributed by atoms with Crippen molar-refractivity contribution in [3.8, 4) is 5.75 Å². The third-order valence-corrected chi connectivity index (χ3v) is 8.65. The van der Waals surface area contributed by atoms with E-state index in [1.165, 1.54) is 44.6 Å². The maximum Gasteiger partial charge on any atom is 0.131 e. The highest BCUT2D eigenvalue weighted by atomic mass is 35.5. The van der Waals surface area contributed by atoms with Crippen LogP contribution in [0.3, 0.4) is 0 Å². The number of rotatable bonds is 7. The molecule has 4 aliphatic rings. The Morgan fingerprint density at radius 2 is 1.74 bits per heavy atom. The Bertz CT molecular complexity index is 907. The van der Waals surface area contributed by atoms with Crippen molar-refractivity contribution in [1.82, 2.24) is 5.32 Å². The average Bonchev–Trinajstić information content (AvgIpc) is 2.71. The van der Waals surface area contributed by atoms with Gasteiger partial charge in [0.05, 0.1) is 5.02 Å². The van der Waals surface area contributed by atoms with E-state index in [4.69, 9.17) is 27.9 Å². The van der Waals surface area contributed by atoms with Crippen molar-refractivity contribution in [1.29, 1.82) is 0 Å². The Morgan fingerprint density at radius 1 is 1.06 bits per heavy atom. The van der Waals surface area contributed by atoms with E-state index in [1.54, 1.807) is 12.1 Å². The van der Waals surface area contributed by atoms with Gasteiger partial charge in [0.15, 0.2) is 0 Å². The summed E-state index contributed by atoms with van der Waals surface area (Å²) >= 11 is 12.5. The summed E-state index contributed by atoms with van der Waals surface area (Å²) in [4.78, 5) is 0. The van der Waals surface area contributed by atoms with Crippen molar-refractivity contribution in [2.45, 2.75) is 64.6 Å². The van der Waals surface area contributed by atoms with Gasteiger partial charge in [0.25, 0.3) is 0 Å². The largest absolute Gasteiger partial charge is 0.488 e. The maximum absolute atomic E-state index is 14.1. The lowest BCUT2D eigenvalue weighted by atomic mass is 9.48. The van der Waals surface area contributed by atoms with Gasteiger partial charge in [0.1, 0.15) is 18.2 Å². The van der Waals surface area contributed by atoms with Crippen molar-refractivity contribution in [2.24, 2.45) is 23.2 Å². The number of halogens is 3. The smallest absolute Gasteiger partial charge is 0.131 e. The SMILES string of the molecule is CC(NCc1cc(Cl)ccc1OCc1c(F)cccc1Cl)C12CC3CC(CC(C3)C1)C2. The minimum Gasteiger partial charge on any atom is -0.488 e. The highest BCUT2D eigenvalue weighted by Gasteiger charge is 2.52. The Labute approximate surface area is 194 Å². The molecular weight excluding hydrogens is 432 g/mol. The second-order valence-corrected chi connectivity index (χ2v) is 11.0. The van der Waals surface area contributed by atoms with Crippen LogP contribution in [0.15, 0.2) is 36.4 Å². The van der Waals surface area contributed by atoms with Crippen LogP contribution in [0.5, 0.6) is 5.75 Å². The fourth-order valence-electron chi connectivity index (χ4n) is 6.83. The molecule has 2 aromatic carbocycles. The molecule has 166 valence electrons. The van der Waals surface area contributed by atoms with Crippen LogP contribution >= 0.6 is 23.2 Å². The number of nitrogens with one attached hydrogen (secondary N) is 1. The molecule has 0 aromatic heterocycles. The molecule has 4 saturated carbocycles. The monoisotopic (exact) mass is 461 g/mol. The molecule has 6 rings (SSSR count). The molecule has 4 aliphatic carbocycles. The fraction of sp³-hybridized carbons (Fsp3) is 0.538. The zero-order valence-corrected chi connectivity index (χ0v) is 19.5. The lowest BCUT2D eigenvalue weighted by Crippen LogP contribution is -2.54. The first-order chi connectivity index (χ1) is 14.9. The molecule has 4 bridgehead atoms. The second-order valence-electron chi connectivity index (χ2n) is 10.1. The molecule has 0 spiro atoms. The number of ether oxygens (including phenoxy) is 1. The first-order valence-electron chi connectivity index (χ1n) is 11.5. The maximum atomic E-state index is 14.1. The second kappa shape index (κ2) is 8.57. The molecule has 1 atom stereocenters. The molecule has 0 heterocycles. The van der Waals surface area contributed by atoms with Crippen LogP contribution in [-0.2, 0) is 13.2 Å². The summed E-state index contributed by atoms with van der Waals surface area (Å²) in [7, 11) is 0. The van der Waals surface area contributed by atoms with Crippen LogP contribution in [0.2, 0.25) is 10.0 Å². The molecule has 1 N–H and O–H groups in total. The molecule has 0 saturated heterocycles. The van der Waals surface area contributed by atoms with Gasteiger partial charge in [-0.2, -0.15) is 0 Å². The zero-order valence-electron chi connectivity index (χ0n) is 18.0. The first-order valence-corrected chi connectivity index (χ1v) is 12.2. The summed E-state index contributed by atoms with van der Waals surface area (Å²) in [6.07, 6.45) is 8.48. The fourth-order valence-corrected chi connectivity index (χ4v) is 7.25. The van der Waals surface area contributed by atoms with Crippen LogP contribution in [0.4, 0.5) is 4.39 Å². The van der Waals surface area contributed by atoms with Crippen LogP contribution in [0.1, 0.15) is 56.6 Å². The summed E-state index contributed by atoms with van der Waals surface area (Å²) in [5.41, 5.74) is 1.81. The van der Waals surface area contributed by atoms with Gasteiger partial charge < -0.3 is 10.1 Å². The number of benzene rings is 2. The normalized spacial score (nSPS) is 29.9. The van der Waals surface area contributed by atoms with Gasteiger partial charge in [0.2, 0.25) is 0 Å². The minimum atomic E-state index is -0.350. The van der Waals surface area contributed by atoms with E-state index < -0.39 is 0 Å². The van der Waals surface area contributed by atoms with Crippen LogP contribution in [0.25, 0.3) is 0 Å². The lowest BCUT2D eigenvalue weighted by Gasteiger charge is -2.59. The molecule has 5 heteroatoms. The lowest BCUT2D eigenvalue weighted by molar-refractivity contribution is -0.0706. The van der Waals surface area contributed by atoms with Crippen LogP contribution in [0, 0.1) is 29.0 Å². The molecule has 4 fully saturated rings. The Hall–Kier alpha value is -1.29. The zero-order chi connectivity index (χ0) is 21.6. The molecule has 0 amide bonds. The van der Waals surface area contributed by atoms with E-state index in [2.05, 4.69) is 12.2 Å². The Kier molecular flexibility index (Phi) is 5.96. The van der Waals surface area contributed by atoms with E-state index in [9.17, 15) is 4.39 Å². The first kappa shape index (κ1) is 21.6. The summed E-state index contributed by atoms with van der Waals surface area (Å²) < 4.78 is 20.1. The van der Waals surface area contributed by atoms with Crippen molar-refractivity contribution in [2.75, 3.05) is 0 Å². The van der Waals surface area contributed by atoms with Crippen molar-refractivity contribution < 1.29 is 9.13 Å². The third kappa shape index (κ3) is 4.34. The predicted molar refractivity (Wildman–Crippen MR) is 124 cm³/mol. The number of hydrogen-bond acceptors (Lipinski definition) is 2. The molecule has 31 heavy (non-hydrogen) atoms. The van der Waals surface area contributed by atoms with Gasteiger partial charge in [0, 0.05) is 28.7 Å². The Morgan fingerprint density at radius 3 is 2.39 bits per heavy atom. The molecule has 2 aromatic rings. The summed E-state index contributed by atoms with van der Waals surface area (Å²) in [6.45, 7) is 3.13. The summed E-state index contributed by atoms with van der Waals surface area (Å²) in [6, 6.07) is 10.8. The van der Waals surface area contributed by atoms with Gasteiger partial charge in [-0.3, -0.25) is 0 Å². The molecular formula is C26H30Cl2FNO. The van der Waals surface area contributed by atoms with Gasteiger partial charge in [-0.1, -0.05) is 29.3 Å². The third-order valence-electron chi connectivity index (χ3n) is 8.06. The molecule has 1 unspecified atom stereocenters. The predicted octanol–water partition coefficient (Wildman–Crippen LogP) is 7.41. The molecule has 2 nitrogen and oxygen atoms in total. The topological polar surface area (TPSA) is 21.3 Å². The Balaban J connectivity index is 1.28. The van der Waals surface area contributed by atoms with E-state index >= 15 is 0 Å².